The van der Waals surface area contributed by atoms with Crippen molar-refractivity contribution in [1.82, 2.24) is 0 Å². The number of rotatable bonds is 5. The zero-order valence-electron chi connectivity index (χ0n) is 9.68. The maximum atomic E-state index is 9.75. The topological polar surface area (TPSA) is 75.7 Å². The van der Waals surface area contributed by atoms with Crippen LogP contribution in [0.4, 0.5) is 0 Å². The van der Waals surface area contributed by atoms with E-state index in [2.05, 4.69) is 0 Å². The lowest BCUT2D eigenvalue weighted by atomic mass is 9.98. The first-order valence-electron chi connectivity index (χ1n) is 5.40. The van der Waals surface area contributed by atoms with E-state index in [4.69, 9.17) is 10.5 Å². The highest BCUT2D eigenvalue weighted by Crippen LogP contribution is 2.29. The van der Waals surface area contributed by atoms with Gasteiger partial charge in [-0.15, -0.1) is 0 Å². The number of hydrogen-bond acceptors (Lipinski definition) is 4. The second-order valence-electron chi connectivity index (χ2n) is 3.81. The molecule has 90 valence electrons. The molecule has 0 aliphatic rings. The maximum Gasteiger partial charge on any atom is 0.124 e. The van der Waals surface area contributed by atoms with Gasteiger partial charge >= 0.3 is 0 Å². The summed E-state index contributed by atoms with van der Waals surface area (Å²) in [5.74, 6) is 0.625. The van der Waals surface area contributed by atoms with E-state index in [-0.39, 0.29) is 5.75 Å². The Bertz CT molecular complexity index is 341. The van der Waals surface area contributed by atoms with Gasteiger partial charge in [0.2, 0.25) is 0 Å². The Morgan fingerprint density at radius 1 is 1.44 bits per heavy atom. The summed E-state index contributed by atoms with van der Waals surface area (Å²) in [6, 6.07) is 4.32. The fourth-order valence-electron chi connectivity index (χ4n) is 1.61. The lowest BCUT2D eigenvalue weighted by Gasteiger charge is -2.19. The van der Waals surface area contributed by atoms with Crippen molar-refractivity contribution in [3.63, 3.8) is 0 Å². The van der Waals surface area contributed by atoms with Crippen molar-refractivity contribution in [3.8, 4) is 11.5 Å². The number of benzene rings is 1. The number of hydrogen-bond donors (Lipinski definition) is 3. The van der Waals surface area contributed by atoms with Gasteiger partial charge in [-0.2, -0.15) is 0 Å². The summed E-state index contributed by atoms with van der Waals surface area (Å²) in [5.41, 5.74) is 6.41. The van der Waals surface area contributed by atoms with Crippen LogP contribution < -0.4 is 10.5 Å². The number of aliphatic hydroxyl groups excluding tert-OH is 1. The molecule has 0 spiro atoms. The minimum Gasteiger partial charge on any atom is -0.507 e. The summed E-state index contributed by atoms with van der Waals surface area (Å²) < 4.78 is 4.97. The predicted molar refractivity (Wildman–Crippen MR) is 62.5 cm³/mol. The van der Waals surface area contributed by atoms with Gasteiger partial charge in [0.1, 0.15) is 11.5 Å². The van der Waals surface area contributed by atoms with Gasteiger partial charge in [-0.1, -0.05) is 13.3 Å². The molecule has 0 saturated heterocycles. The van der Waals surface area contributed by atoms with E-state index >= 15 is 0 Å². The number of methoxy groups -OCH3 is 1. The van der Waals surface area contributed by atoms with Crippen LogP contribution in [0.1, 0.15) is 31.4 Å². The van der Waals surface area contributed by atoms with Gasteiger partial charge < -0.3 is 20.7 Å². The molecule has 0 bridgehead atoms. The number of ether oxygens (including phenoxy) is 1. The molecule has 0 aliphatic carbocycles. The van der Waals surface area contributed by atoms with E-state index in [1.54, 1.807) is 12.1 Å². The van der Waals surface area contributed by atoms with Crippen LogP contribution in [0.25, 0.3) is 0 Å². The van der Waals surface area contributed by atoms with E-state index in [1.165, 1.54) is 13.2 Å². The van der Waals surface area contributed by atoms with Gasteiger partial charge in [0.25, 0.3) is 0 Å². The molecule has 1 aromatic carbocycles. The lowest BCUT2D eigenvalue weighted by molar-refractivity contribution is 0.133. The molecule has 0 radical (unpaired) electrons. The molecule has 0 amide bonds. The molecule has 0 unspecified atom stereocenters. The zero-order chi connectivity index (χ0) is 12.1. The van der Waals surface area contributed by atoms with Crippen LogP contribution in [0.15, 0.2) is 18.2 Å². The first-order chi connectivity index (χ1) is 7.60. The maximum absolute atomic E-state index is 9.75. The van der Waals surface area contributed by atoms with Gasteiger partial charge in [-0.05, 0) is 18.6 Å². The average Bonchev–Trinajstić information content (AvgIpc) is 2.28. The minimum absolute atomic E-state index is 0.0574. The standard InChI is InChI=1S/C12H19NO3/c1-3-4-10(14)12(13)9-6-5-8(16-2)7-11(9)15/h5-7,10,12,14-15H,3-4,13H2,1-2H3/t10-,12+/m0/s1. The molecule has 0 aliphatic heterocycles. The SMILES string of the molecule is CCC[C@H](O)[C@H](N)c1ccc(OC)cc1O. The monoisotopic (exact) mass is 225 g/mol. The Balaban J connectivity index is 2.87. The van der Waals surface area contributed by atoms with Crippen LogP contribution in [0.2, 0.25) is 0 Å². The molecule has 4 heteroatoms. The van der Waals surface area contributed by atoms with Gasteiger partial charge in [0.15, 0.2) is 0 Å². The highest BCUT2D eigenvalue weighted by Gasteiger charge is 2.19. The quantitative estimate of drug-likeness (QED) is 0.711. The largest absolute Gasteiger partial charge is 0.507 e. The summed E-state index contributed by atoms with van der Waals surface area (Å²) in [5, 5.41) is 19.5. The Morgan fingerprint density at radius 2 is 2.12 bits per heavy atom. The molecular formula is C12H19NO3. The number of aliphatic hydroxyl groups is 1. The summed E-state index contributed by atoms with van der Waals surface area (Å²) in [6.45, 7) is 1.98. The van der Waals surface area contributed by atoms with Crippen LogP contribution in [-0.2, 0) is 0 Å². The molecule has 0 aromatic heterocycles. The van der Waals surface area contributed by atoms with E-state index in [0.717, 1.165) is 6.42 Å². The van der Waals surface area contributed by atoms with Crippen LogP contribution in [0.5, 0.6) is 11.5 Å². The van der Waals surface area contributed by atoms with Crippen molar-refractivity contribution < 1.29 is 14.9 Å². The Kier molecular flexibility index (Phi) is 4.58. The van der Waals surface area contributed by atoms with Crippen molar-refractivity contribution in [2.45, 2.75) is 31.9 Å². The minimum atomic E-state index is -0.635. The third-order valence-corrected chi connectivity index (χ3v) is 2.60. The Labute approximate surface area is 95.7 Å². The van der Waals surface area contributed by atoms with Crippen LogP contribution in [0.3, 0.4) is 0 Å². The summed E-state index contributed by atoms with van der Waals surface area (Å²) in [4.78, 5) is 0. The highest BCUT2D eigenvalue weighted by atomic mass is 16.5. The van der Waals surface area contributed by atoms with Crippen molar-refractivity contribution in [1.29, 1.82) is 0 Å². The summed E-state index contributed by atoms with van der Waals surface area (Å²) >= 11 is 0. The molecule has 16 heavy (non-hydrogen) atoms. The molecule has 1 aromatic rings. The smallest absolute Gasteiger partial charge is 0.124 e. The summed E-state index contributed by atoms with van der Waals surface area (Å²) in [6.07, 6.45) is 0.836. The molecule has 0 heterocycles. The molecule has 2 atom stereocenters. The van der Waals surface area contributed by atoms with Crippen molar-refractivity contribution in [2.75, 3.05) is 7.11 Å². The van der Waals surface area contributed by atoms with E-state index in [1.807, 2.05) is 6.92 Å². The zero-order valence-corrected chi connectivity index (χ0v) is 9.68. The fourth-order valence-corrected chi connectivity index (χ4v) is 1.61. The highest BCUT2D eigenvalue weighted by molar-refractivity contribution is 5.41. The van der Waals surface area contributed by atoms with E-state index < -0.39 is 12.1 Å². The van der Waals surface area contributed by atoms with E-state index in [0.29, 0.717) is 17.7 Å². The molecular weight excluding hydrogens is 206 g/mol. The normalized spacial score (nSPS) is 14.5. The molecule has 1 rings (SSSR count). The molecule has 4 nitrogen and oxygen atoms in total. The fraction of sp³-hybridized carbons (Fsp3) is 0.500. The number of aromatic hydroxyl groups is 1. The van der Waals surface area contributed by atoms with Crippen LogP contribution >= 0.6 is 0 Å². The Morgan fingerprint density at radius 3 is 2.62 bits per heavy atom. The third kappa shape index (κ3) is 2.87. The van der Waals surface area contributed by atoms with Crippen molar-refractivity contribution in [2.24, 2.45) is 5.73 Å². The van der Waals surface area contributed by atoms with Gasteiger partial charge in [-0.25, -0.2) is 0 Å². The van der Waals surface area contributed by atoms with E-state index in [9.17, 15) is 10.2 Å². The lowest BCUT2D eigenvalue weighted by Crippen LogP contribution is -2.26. The van der Waals surface area contributed by atoms with Gasteiger partial charge in [0.05, 0.1) is 19.3 Å². The summed E-state index contributed by atoms with van der Waals surface area (Å²) in [7, 11) is 1.53. The molecule has 4 N–H and O–H groups in total. The van der Waals surface area contributed by atoms with Crippen molar-refractivity contribution in [3.05, 3.63) is 23.8 Å². The first kappa shape index (κ1) is 12.8. The number of nitrogens with two attached hydrogens (primary N) is 1. The molecule has 0 saturated carbocycles. The second-order valence-corrected chi connectivity index (χ2v) is 3.81. The second kappa shape index (κ2) is 5.72. The number of phenols is 1. The van der Waals surface area contributed by atoms with Gasteiger partial charge in [0, 0.05) is 11.6 Å². The predicted octanol–water partition coefficient (Wildman–Crippen LogP) is 1.56. The first-order valence-corrected chi connectivity index (χ1v) is 5.40. The third-order valence-electron chi connectivity index (χ3n) is 2.60. The number of phenolic OH excluding ortho intramolecular Hbond substituents is 1. The molecule has 0 fully saturated rings. The van der Waals surface area contributed by atoms with Gasteiger partial charge in [-0.3, -0.25) is 0 Å². The van der Waals surface area contributed by atoms with Crippen LogP contribution in [-0.4, -0.2) is 23.4 Å². The Hall–Kier alpha value is -1.26. The van der Waals surface area contributed by atoms with Crippen molar-refractivity contribution >= 4 is 0 Å². The average molecular weight is 225 g/mol. The van der Waals surface area contributed by atoms with Crippen LogP contribution in [0, 0.1) is 0 Å².